The standard InChI is InChI=1S/C29H28N2O/c1-3-17-32-24-14-8-21(9-15-24)19-30-23-12-10-22(11-13-23)29-26-6-4-5-25(26)27-18-20(2)7-16-28(27)31-29/h3-5,7-16,18-19,25-26,29,31H,1,6,17H2,2H3/t25-,26-,29-/m0/s1. The SMILES string of the molecule is C=CCOc1ccc(C=Nc2ccc([C@@H]3Nc4ccc(C)cc4[C@H]4C=CC[C@@H]43)cc2)cc1. The van der Waals surface area contributed by atoms with Gasteiger partial charge in [0.1, 0.15) is 12.4 Å². The molecule has 32 heavy (non-hydrogen) atoms. The molecule has 0 aromatic heterocycles. The summed E-state index contributed by atoms with van der Waals surface area (Å²) in [5, 5.41) is 3.81. The van der Waals surface area contributed by atoms with Crippen LogP contribution in [0.25, 0.3) is 0 Å². The monoisotopic (exact) mass is 420 g/mol. The maximum atomic E-state index is 5.53. The van der Waals surface area contributed by atoms with E-state index in [1.807, 2.05) is 30.5 Å². The van der Waals surface area contributed by atoms with Gasteiger partial charge < -0.3 is 10.1 Å². The largest absolute Gasteiger partial charge is 0.490 e. The predicted molar refractivity (Wildman–Crippen MR) is 133 cm³/mol. The average Bonchev–Trinajstić information content (AvgIpc) is 3.32. The zero-order valence-electron chi connectivity index (χ0n) is 18.4. The molecule has 0 spiro atoms. The Labute approximate surface area is 190 Å². The van der Waals surface area contributed by atoms with Crippen LogP contribution in [0.4, 0.5) is 11.4 Å². The summed E-state index contributed by atoms with van der Waals surface area (Å²) >= 11 is 0. The Morgan fingerprint density at radius 1 is 1.06 bits per heavy atom. The predicted octanol–water partition coefficient (Wildman–Crippen LogP) is 7.14. The first kappa shape index (κ1) is 20.3. The fraction of sp³-hybridized carbons (Fsp3) is 0.207. The lowest BCUT2D eigenvalue weighted by Crippen LogP contribution is -2.29. The number of hydrogen-bond donors (Lipinski definition) is 1. The van der Waals surface area contributed by atoms with Gasteiger partial charge in [-0.2, -0.15) is 0 Å². The van der Waals surface area contributed by atoms with Crippen molar-refractivity contribution in [2.24, 2.45) is 10.9 Å². The third-order valence-electron chi connectivity index (χ3n) is 6.38. The molecule has 0 fully saturated rings. The van der Waals surface area contributed by atoms with Crippen LogP contribution in [0.5, 0.6) is 5.75 Å². The first-order valence-electron chi connectivity index (χ1n) is 11.2. The van der Waals surface area contributed by atoms with Gasteiger partial charge in [-0.05, 0) is 78.4 Å². The van der Waals surface area contributed by atoms with Crippen molar-refractivity contribution in [1.29, 1.82) is 0 Å². The minimum atomic E-state index is 0.311. The summed E-state index contributed by atoms with van der Waals surface area (Å²) in [6.45, 7) is 6.35. The molecule has 1 aliphatic heterocycles. The Kier molecular flexibility index (Phi) is 5.64. The van der Waals surface area contributed by atoms with Crippen LogP contribution in [0.15, 0.2) is 96.5 Å². The summed E-state index contributed by atoms with van der Waals surface area (Å²) in [5.74, 6) is 1.88. The number of aliphatic imine (C=N–C) groups is 1. The van der Waals surface area contributed by atoms with Crippen molar-refractivity contribution in [3.63, 3.8) is 0 Å². The average molecular weight is 421 g/mol. The van der Waals surface area contributed by atoms with E-state index in [9.17, 15) is 0 Å². The molecule has 3 heteroatoms. The minimum absolute atomic E-state index is 0.311. The van der Waals surface area contributed by atoms with E-state index >= 15 is 0 Å². The first-order valence-corrected chi connectivity index (χ1v) is 11.2. The quantitative estimate of drug-likeness (QED) is 0.340. The highest BCUT2D eigenvalue weighted by Gasteiger charge is 2.37. The highest BCUT2D eigenvalue weighted by Crippen LogP contribution is 2.50. The Balaban J connectivity index is 1.31. The van der Waals surface area contributed by atoms with Crippen LogP contribution in [0.3, 0.4) is 0 Å². The zero-order chi connectivity index (χ0) is 21.9. The number of nitrogens with one attached hydrogen (secondary N) is 1. The van der Waals surface area contributed by atoms with Gasteiger partial charge in [-0.1, -0.05) is 54.6 Å². The number of ether oxygens (including phenoxy) is 1. The lowest BCUT2D eigenvalue weighted by Gasteiger charge is -2.37. The number of hydrogen-bond acceptors (Lipinski definition) is 3. The van der Waals surface area contributed by atoms with Crippen molar-refractivity contribution in [3.8, 4) is 5.75 Å². The van der Waals surface area contributed by atoms with Crippen LogP contribution in [0.1, 0.15) is 40.6 Å². The molecule has 1 aliphatic carbocycles. The van der Waals surface area contributed by atoms with Gasteiger partial charge in [0.05, 0.1) is 11.7 Å². The number of allylic oxidation sites excluding steroid dienone is 2. The zero-order valence-corrected chi connectivity index (χ0v) is 18.4. The molecule has 5 rings (SSSR count). The molecular formula is C29H28N2O. The van der Waals surface area contributed by atoms with Gasteiger partial charge in [-0.25, -0.2) is 0 Å². The second-order valence-electron chi connectivity index (χ2n) is 8.58. The number of benzene rings is 3. The van der Waals surface area contributed by atoms with Crippen LogP contribution in [-0.2, 0) is 0 Å². The van der Waals surface area contributed by atoms with Crippen LogP contribution in [-0.4, -0.2) is 12.8 Å². The molecule has 0 saturated heterocycles. The molecule has 1 N–H and O–H groups in total. The summed E-state index contributed by atoms with van der Waals surface area (Å²) in [4.78, 5) is 4.65. The van der Waals surface area contributed by atoms with Crippen LogP contribution < -0.4 is 10.1 Å². The van der Waals surface area contributed by atoms with Gasteiger partial charge in [-0.3, -0.25) is 4.99 Å². The second-order valence-corrected chi connectivity index (χ2v) is 8.58. The molecule has 0 bridgehead atoms. The molecule has 3 nitrogen and oxygen atoms in total. The molecule has 160 valence electrons. The third-order valence-corrected chi connectivity index (χ3v) is 6.38. The van der Waals surface area contributed by atoms with Gasteiger partial charge >= 0.3 is 0 Å². The van der Waals surface area contributed by atoms with Crippen molar-refractivity contribution >= 4 is 17.6 Å². The van der Waals surface area contributed by atoms with Gasteiger partial charge in [0, 0.05) is 17.8 Å². The molecule has 3 aromatic carbocycles. The Bertz CT molecular complexity index is 1160. The van der Waals surface area contributed by atoms with Gasteiger partial charge in [0.25, 0.3) is 0 Å². The lowest BCUT2D eigenvalue weighted by molar-refractivity contribution is 0.363. The normalized spacial score (nSPS) is 21.1. The highest BCUT2D eigenvalue weighted by molar-refractivity contribution is 5.82. The number of anilines is 1. The molecule has 0 unspecified atom stereocenters. The van der Waals surface area contributed by atoms with E-state index in [2.05, 4.69) is 78.4 Å². The lowest BCUT2D eigenvalue weighted by atomic mass is 9.76. The third kappa shape index (κ3) is 4.11. The van der Waals surface area contributed by atoms with Crippen molar-refractivity contribution in [2.75, 3.05) is 11.9 Å². The van der Waals surface area contributed by atoms with Crippen molar-refractivity contribution < 1.29 is 4.74 Å². The molecule has 3 atom stereocenters. The van der Waals surface area contributed by atoms with Crippen molar-refractivity contribution in [2.45, 2.75) is 25.3 Å². The summed E-state index contributed by atoms with van der Waals surface area (Å²) < 4.78 is 5.53. The Hall–Kier alpha value is -3.59. The summed E-state index contributed by atoms with van der Waals surface area (Å²) in [5.41, 5.74) is 7.33. The van der Waals surface area contributed by atoms with Crippen LogP contribution in [0.2, 0.25) is 0 Å². The smallest absolute Gasteiger partial charge is 0.119 e. The number of fused-ring (bicyclic) bond motifs is 3. The number of nitrogens with zero attached hydrogens (tertiary/aromatic N) is 1. The van der Waals surface area contributed by atoms with Gasteiger partial charge in [0.15, 0.2) is 0 Å². The van der Waals surface area contributed by atoms with E-state index in [0.29, 0.717) is 24.5 Å². The van der Waals surface area contributed by atoms with E-state index in [1.165, 1.54) is 22.4 Å². The minimum Gasteiger partial charge on any atom is -0.490 e. The van der Waals surface area contributed by atoms with Crippen LogP contribution in [0, 0.1) is 12.8 Å². The van der Waals surface area contributed by atoms with E-state index in [1.54, 1.807) is 6.08 Å². The fourth-order valence-corrected chi connectivity index (χ4v) is 4.77. The van der Waals surface area contributed by atoms with E-state index < -0.39 is 0 Å². The van der Waals surface area contributed by atoms with E-state index in [0.717, 1.165) is 23.4 Å². The van der Waals surface area contributed by atoms with E-state index in [-0.39, 0.29) is 0 Å². The Morgan fingerprint density at radius 2 is 1.88 bits per heavy atom. The second kappa shape index (κ2) is 8.88. The summed E-state index contributed by atoms with van der Waals surface area (Å²) in [7, 11) is 0. The molecule has 3 aromatic rings. The topological polar surface area (TPSA) is 33.6 Å². The molecule has 0 radical (unpaired) electrons. The summed E-state index contributed by atoms with van der Waals surface area (Å²) in [6.07, 6.45) is 9.48. The van der Waals surface area contributed by atoms with Crippen molar-refractivity contribution in [1.82, 2.24) is 0 Å². The van der Waals surface area contributed by atoms with Crippen LogP contribution >= 0.6 is 0 Å². The molecule has 0 amide bonds. The molecule has 2 aliphatic rings. The molecule has 1 heterocycles. The fourth-order valence-electron chi connectivity index (χ4n) is 4.77. The van der Waals surface area contributed by atoms with Gasteiger partial charge in [-0.15, -0.1) is 0 Å². The highest BCUT2D eigenvalue weighted by atomic mass is 16.5. The number of aryl methyl sites for hydroxylation is 1. The number of rotatable bonds is 6. The maximum Gasteiger partial charge on any atom is 0.119 e. The van der Waals surface area contributed by atoms with Crippen molar-refractivity contribution in [3.05, 3.63) is 114 Å². The maximum absolute atomic E-state index is 5.53. The summed E-state index contributed by atoms with van der Waals surface area (Å²) in [6, 6.07) is 23.6. The molecular weight excluding hydrogens is 392 g/mol. The van der Waals surface area contributed by atoms with Gasteiger partial charge in [0.2, 0.25) is 0 Å². The van der Waals surface area contributed by atoms with E-state index in [4.69, 9.17) is 4.74 Å². The first-order chi connectivity index (χ1) is 15.7. The molecule has 0 saturated carbocycles. The Morgan fingerprint density at radius 3 is 2.66 bits per heavy atom.